The Balaban J connectivity index is 1.23. The molecule has 0 atom stereocenters. The first-order valence-corrected chi connectivity index (χ1v) is 10.5. The van der Waals surface area contributed by atoms with Crippen LogP contribution >= 0.6 is 0 Å². The van der Waals surface area contributed by atoms with Gasteiger partial charge in [-0.1, -0.05) is 6.42 Å². The van der Waals surface area contributed by atoms with Crippen LogP contribution in [0.2, 0.25) is 0 Å². The minimum absolute atomic E-state index is 0.295. The van der Waals surface area contributed by atoms with Crippen LogP contribution in [0.3, 0.4) is 0 Å². The van der Waals surface area contributed by atoms with Crippen LogP contribution in [0.1, 0.15) is 62.5 Å². The second-order valence-electron chi connectivity index (χ2n) is 8.16. The van der Waals surface area contributed by atoms with Crippen LogP contribution in [-0.2, 0) is 17.9 Å². The summed E-state index contributed by atoms with van der Waals surface area (Å²) in [7, 11) is 0. The van der Waals surface area contributed by atoms with E-state index < -0.39 is 0 Å². The third-order valence-corrected chi connectivity index (χ3v) is 6.35. The summed E-state index contributed by atoms with van der Waals surface area (Å²) >= 11 is 0. The molecule has 1 saturated carbocycles. The van der Waals surface area contributed by atoms with Gasteiger partial charge in [-0.3, -0.25) is 4.79 Å². The Hall–Kier alpha value is -2.11. The number of likely N-dealkylation sites (tertiary alicyclic amines) is 1. The SMILES string of the molecule is Cc1nccn1CCCC(=O)N1CCC(c2nccn2CC2CCC2)CC1. The summed E-state index contributed by atoms with van der Waals surface area (Å²) in [5.74, 6) is 3.89. The van der Waals surface area contributed by atoms with E-state index in [1.54, 1.807) is 0 Å². The number of carbonyl (C=O) groups is 1. The van der Waals surface area contributed by atoms with Crippen molar-refractivity contribution in [2.75, 3.05) is 13.1 Å². The number of carbonyl (C=O) groups excluding carboxylic acids is 1. The summed E-state index contributed by atoms with van der Waals surface area (Å²) in [4.78, 5) is 23.5. The van der Waals surface area contributed by atoms with Gasteiger partial charge in [0.25, 0.3) is 0 Å². The van der Waals surface area contributed by atoms with E-state index in [9.17, 15) is 4.79 Å². The molecule has 0 aromatic carbocycles. The van der Waals surface area contributed by atoms with Crippen LogP contribution in [-0.4, -0.2) is 43.0 Å². The fourth-order valence-corrected chi connectivity index (χ4v) is 4.37. The van der Waals surface area contributed by atoms with E-state index in [0.717, 1.165) is 57.2 Å². The van der Waals surface area contributed by atoms with Crippen molar-refractivity contribution < 1.29 is 4.79 Å². The molecule has 2 fully saturated rings. The predicted octanol–water partition coefficient (Wildman–Crippen LogP) is 3.37. The van der Waals surface area contributed by atoms with Crippen LogP contribution in [0.4, 0.5) is 0 Å². The number of nitrogens with zero attached hydrogens (tertiary/aromatic N) is 5. The number of amides is 1. The molecule has 0 N–H and O–H groups in total. The van der Waals surface area contributed by atoms with Crippen LogP contribution < -0.4 is 0 Å². The number of hydrogen-bond donors (Lipinski definition) is 0. The molecule has 1 amide bonds. The third-order valence-electron chi connectivity index (χ3n) is 6.35. The van der Waals surface area contributed by atoms with Crippen molar-refractivity contribution in [3.63, 3.8) is 0 Å². The van der Waals surface area contributed by atoms with E-state index in [2.05, 4.69) is 30.2 Å². The topological polar surface area (TPSA) is 56.0 Å². The number of hydrogen-bond acceptors (Lipinski definition) is 3. The van der Waals surface area contributed by atoms with Gasteiger partial charge in [0.2, 0.25) is 5.91 Å². The quantitative estimate of drug-likeness (QED) is 0.752. The standard InChI is InChI=1S/C21H31N5O/c1-17-22-9-14-24(17)11-3-6-20(27)25-12-7-19(8-13-25)21-23-10-15-26(21)16-18-4-2-5-18/h9-10,14-15,18-19H,2-8,11-13,16H2,1H3. The highest BCUT2D eigenvalue weighted by Crippen LogP contribution is 2.31. The van der Waals surface area contributed by atoms with E-state index in [-0.39, 0.29) is 0 Å². The van der Waals surface area contributed by atoms with E-state index in [4.69, 9.17) is 0 Å². The maximum atomic E-state index is 12.5. The van der Waals surface area contributed by atoms with Crippen molar-refractivity contribution in [3.8, 4) is 0 Å². The molecule has 0 spiro atoms. The van der Waals surface area contributed by atoms with E-state index in [1.807, 2.05) is 25.5 Å². The molecule has 6 nitrogen and oxygen atoms in total. The summed E-state index contributed by atoms with van der Waals surface area (Å²) in [6.07, 6.45) is 15.6. The van der Waals surface area contributed by atoms with Crippen molar-refractivity contribution in [1.82, 2.24) is 24.0 Å². The number of piperidine rings is 1. The molecular weight excluding hydrogens is 338 g/mol. The van der Waals surface area contributed by atoms with Gasteiger partial charge in [0, 0.05) is 63.3 Å². The van der Waals surface area contributed by atoms with Gasteiger partial charge in [0.1, 0.15) is 11.6 Å². The fraction of sp³-hybridized carbons (Fsp3) is 0.667. The molecule has 4 rings (SSSR count). The zero-order valence-corrected chi connectivity index (χ0v) is 16.4. The maximum Gasteiger partial charge on any atom is 0.222 e. The van der Waals surface area contributed by atoms with Gasteiger partial charge < -0.3 is 14.0 Å². The normalized spacial score (nSPS) is 18.6. The smallest absolute Gasteiger partial charge is 0.222 e. The van der Waals surface area contributed by atoms with Crippen molar-refractivity contribution in [1.29, 1.82) is 0 Å². The van der Waals surface area contributed by atoms with E-state index in [1.165, 1.54) is 25.1 Å². The Kier molecular flexibility index (Phi) is 5.60. The lowest BCUT2D eigenvalue weighted by Gasteiger charge is -2.33. The van der Waals surface area contributed by atoms with Crippen LogP contribution in [0.5, 0.6) is 0 Å². The Bertz CT molecular complexity index is 752. The monoisotopic (exact) mass is 369 g/mol. The Morgan fingerprint density at radius 2 is 1.81 bits per heavy atom. The molecule has 146 valence electrons. The van der Waals surface area contributed by atoms with Gasteiger partial charge in [0.15, 0.2) is 0 Å². The average Bonchev–Trinajstić information content (AvgIpc) is 3.27. The summed E-state index contributed by atoms with van der Waals surface area (Å²) in [5, 5.41) is 0. The lowest BCUT2D eigenvalue weighted by molar-refractivity contribution is -0.132. The van der Waals surface area contributed by atoms with Gasteiger partial charge in [0.05, 0.1) is 0 Å². The molecule has 1 saturated heterocycles. The van der Waals surface area contributed by atoms with Gasteiger partial charge in [-0.25, -0.2) is 9.97 Å². The molecule has 0 bridgehead atoms. The van der Waals surface area contributed by atoms with Gasteiger partial charge >= 0.3 is 0 Å². The highest BCUT2D eigenvalue weighted by atomic mass is 16.2. The summed E-state index contributed by atoms with van der Waals surface area (Å²) < 4.78 is 4.49. The molecule has 1 aliphatic heterocycles. The minimum atomic E-state index is 0.295. The van der Waals surface area contributed by atoms with Crippen LogP contribution in [0.15, 0.2) is 24.8 Å². The predicted molar refractivity (Wildman–Crippen MR) is 104 cm³/mol. The average molecular weight is 370 g/mol. The van der Waals surface area contributed by atoms with Gasteiger partial charge in [-0.15, -0.1) is 0 Å². The molecular formula is C21H31N5O. The molecule has 0 unspecified atom stereocenters. The highest BCUT2D eigenvalue weighted by molar-refractivity contribution is 5.76. The molecule has 0 radical (unpaired) electrons. The largest absolute Gasteiger partial charge is 0.343 e. The first kappa shape index (κ1) is 18.3. The Morgan fingerprint density at radius 3 is 2.48 bits per heavy atom. The molecule has 2 aromatic rings. The lowest BCUT2D eigenvalue weighted by Crippen LogP contribution is -2.38. The summed E-state index contributed by atoms with van der Waals surface area (Å²) in [6.45, 7) is 5.73. The Morgan fingerprint density at radius 1 is 1.07 bits per heavy atom. The number of aromatic nitrogens is 4. The molecule has 2 aliphatic rings. The molecule has 3 heterocycles. The van der Waals surface area contributed by atoms with Gasteiger partial charge in [-0.2, -0.15) is 0 Å². The lowest BCUT2D eigenvalue weighted by atomic mass is 9.85. The summed E-state index contributed by atoms with van der Waals surface area (Å²) in [6, 6.07) is 0. The molecule has 2 aromatic heterocycles. The number of aryl methyl sites for hydroxylation is 2. The zero-order valence-electron chi connectivity index (χ0n) is 16.4. The molecule has 1 aliphatic carbocycles. The summed E-state index contributed by atoms with van der Waals surface area (Å²) in [5.41, 5.74) is 0. The zero-order chi connectivity index (χ0) is 18.6. The second kappa shape index (κ2) is 8.28. The van der Waals surface area contributed by atoms with Crippen molar-refractivity contribution in [3.05, 3.63) is 36.4 Å². The van der Waals surface area contributed by atoms with Crippen molar-refractivity contribution in [2.45, 2.75) is 70.9 Å². The van der Waals surface area contributed by atoms with Crippen molar-refractivity contribution in [2.24, 2.45) is 5.92 Å². The first-order chi connectivity index (χ1) is 13.2. The number of rotatable bonds is 7. The minimum Gasteiger partial charge on any atom is -0.343 e. The molecule has 6 heteroatoms. The number of imidazole rings is 2. The van der Waals surface area contributed by atoms with Crippen LogP contribution in [0, 0.1) is 12.8 Å². The van der Waals surface area contributed by atoms with E-state index in [0.29, 0.717) is 18.2 Å². The Labute approximate surface area is 161 Å². The van der Waals surface area contributed by atoms with Gasteiger partial charge in [-0.05, 0) is 44.9 Å². The first-order valence-electron chi connectivity index (χ1n) is 10.5. The highest BCUT2D eigenvalue weighted by Gasteiger charge is 2.27. The molecule has 27 heavy (non-hydrogen) atoms. The van der Waals surface area contributed by atoms with Crippen LogP contribution in [0.25, 0.3) is 0 Å². The van der Waals surface area contributed by atoms with E-state index >= 15 is 0 Å². The third kappa shape index (κ3) is 4.25. The fourth-order valence-electron chi connectivity index (χ4n) is 4.37. The maximum absolute atomic E-state index is 12.5. The second-order valence-corrected chi connectivity index (χ2v) is 8.16. The van der Waals surface area contributed by atoms with Crippen molar-refractivity contribution >= 4 is 5.91 Å².